The van der Waals surface area contributed by atoms with Gasteiger partial charge in [-0.05, 0) is 51.4 Å². The highest BCUT2D eigenvalue weighted by molar-refractivity contribution is 7.71. The van der Waals surface area contributed by atoms with Crippen LogP contribution in [0.1, 0.15) is 51.0 Å². The molecule has 2 unspecified atom stereocenters. The van der Waals surface area contributed by atoms with Crippen molar-refractivity contribution in [1.29, 1.82) is 0 Å². The van der Waals surface area contributed by atoms with E-state index in [0.717, 1.165) is 29.9 Å². The van der Waals surface area contributed by atoms with Crippen LogP contribution in [0.25, 0.3) is 0 Å². The molecule has 6 heteroatoms. The van der Waals surface area contributed by atoms with Gasteiger partial charge in [-0.1, -0.05) is 12.8 Å². The normalized spacial score (nSPS) is 31.0. The average Bonchev–Trinajstić information content (AvgIpc) is 3.12. The predicted molar refractivity (Wildman–Crippen MR) is 86.3 cm³/mol. The summed E-state index contributed by atoms with van der Waals surface area (Å²) in [6.45, 7) is 2.21. The molecule has 2 bridgehead atoms. The Morgan fingerprint density at radius 2 is 1.81 bits per heavy atom. The monoisotopic (exact) mass is 307 g/mol. The molecule has 1 saturated carbocycles. The summed E-state index contributed by atoms with van der Waals surface area (Å²) in [5.41, 5.74) is 0. The summed E-state index contributed by atoms with van der Waals surface area (Å²) in [7, 11) is 2.29. The molecule has 1 aromatic heterocycles. The summed E-state index contributed by atoms with van der Waals surface area (Å²) >= 11 is 5.51. The molecule has 5 nitrogen and oxygen atoms in total. The number of aromatic amines is 1. The fraction of sp³-hybridized carbons (Fsp3) is 0.867. The largest absolute Gasteiger partial charge is 0.339 e. The van der Waals surface area contributed by atoms with Crippen LogP contribution in [0.15, 0.2) is 0 Å². The molecule has 0 radical (unpaired) electrons. The summed E-state index contributed by atoms with van der Waals surface area (Å²) in [6, 6.07) is 2.01. The van der Waals surface area contributed by atoms with Crippen molar-refractivity contribution in [2.45, 2.75) is 63.1 Å². The first-order valence-corrected chi connectivity index (χ1v) is 8.78. The smallest absolute Gasteiger partial charge is 0.226 e. The van der Waals surface area contributed by atoms with Crippen molar-refractivity contribution < 1.29 is 0 Å². The minimum absolute atomic E-state index is 0.560. The Kier molecular flexibility index (Phi) is 3.53. The quantitative estimate of drug-likeness (QED) is 0.853. The predicted octanol–water partition coefficient (Wildman–Crippen LogP) is 2.73. The van der Waals surface area contributed by atoms with E-state index >= 15 is 0 Å². The van der Waals surface area contributed by atoms with Crippen LogP contribution in [-0.4, -0.2) is 51.9 Å². The summed E-state index contributed by atoms with van der Waals surface area (Å²) in [5.74, 6) is 1.09. The zero-order chi connectivity index (χ0) is 14.4. The van der Waals surface area contributed by atoms with Gasteiger partial charge in [0.15, 0.2) is 4.77 Å². The van der Waals surface area contributed by atoms with E-state index < -0.39 is 0 Å². The molecule has 0 spiro atoms. The zero-order valence-electron chi connectivity index (χ0n) is 12.8. The SMILES string of the molecule is CN1C2CCC1CN(c1n[nH]c(=S)n1C1CCCC1)CC2. The lowest BCUT2D eigenvalue weighted by Gasteiger charge is -2.28. The van der Waals surface area contributed by atoms with E-state index in [1.807, 2.05) is 0 Å². The minimum Gasteiger partial charge on any atom is -0.339 e. The first kappa shape index (κ1) is 13.8. The molecule has 1 N–H and O–H groups in total. The van der Waals surface area contributed by atoms with Gasteiger partial charge in [0.2, 0.25) is 5.95 Å². The third kappa shape index (κ3) is 2.32. The maximum atomic E-state index is 5.51. The average molecular weight is 307 g/mol. The van der Waals surface area contributed by atoms with Crippen molar-refractivity contribution in [3.8, 4) is 0 Å². The standard InChI is InChI=1S/C15H25N5S/c1-18-11-6-7-13(18)10-19(9-8-11)14-16-17-15(21)20(14)12-4-2-3-5-12/h11-13H,2-10H2,1H3,(H,17,21). The minimum atomic E-state index is 0.560. The van der Waals surface area contributed by atoms with Crippen LogP contribution >= 0.6 is 12.2 Å². The highest BCUT2D eigenvalue weighted by atomic mass is 32.1. The van der Waals surface area contributed by atoms with Crippen LogP contribution < -0.4 is 4.90 Å². The van der Waals surface area contributed by atoms with Gasteiger partial charge in [-0.15, -0.1) is 5.10 Å². The molecule has 21 heavy (non-hydrogen) atoms. The van der Waals surface area contributed by atoms with E-state index in [2.05, 4.69) is 31.6 Å². The second kappa shape index (κ2) is 5.39. The van der Waals surface area contributed by atoms with Gasteiger partial charge in [-0.3, -0.25) is 9.47 Å². The first-order valence-electron chi connectivity index (χ1n) is 8.38. The van der Waals surface area contributed by atoms with Crippen molar-refractivity contribution in [1.82, 2.24) is 19.7 Å². The van der Waals surface area contributed by atoms with Gasteiger partial charge >= 0.3 is 0 Å². The van der Waals surface area contributed by atoms with E-state index in [1.54, 1.807) is 0 Å². The highest BCUT2D eigenvalue weighted by Gasteiger charge is 2.36. The van der Waals surface area contributed by atoms with E-state index in [4.69, 9.17) is 12.2 Å². The Morgan fingerprint density at radius 3 is 2.62 bits per heavy atom. The Labute approximate surface area is 131 Å². The van der Waals surface area contributed by atoms with Crippen LogP contribution in [0.3, 0.4) is 0 Å². The number of anilines is 1. The number of nitrogens with zero attached hydrogens (tertiary/aromatic N) is 4. The van der Waals surface area contributed by atoms with Crippen molar-refractivity contribution >= 4 is 18.2 Å². The number of fused-ring (bicyclic) bond motifs is 2. The maximum absolute atomic E-state index is 5.51. The van der Waals surface area contributed by atoms with Gasteiger partial charge in [0.25, 0.3) is 0 Å². The second-order valence-corrected chi connectivity index (χ2v) is 7.31. The van der Waals surface area contributed by atoms with E-state index in [1.165, 1.54) is 44.9 Å². The van der Waals surface area contributed by atoms with Crippen LogP contribution in [-0.2, 0) is 0 Å². The molecule has 0 aromatic carbocycles. The molecule has 1 aliphatic carbocycles. The van der Waals surface area contributed by atoms with Crippen LogP contribution in [0.4, 0.5) is 5.95 Å². The second-order valence-electron chi connectivity index (χ2n) is 6.92. The van der Waals surface area contributed by atoms with Gasteiger partial charge < -0.3 is 4.90 Å². The molecule has 116 valence electrons. The van der Waals surface area contributed by atoms with Crippen molar-refractivity contribution in [2.24, 2.45) is 0 Å². The lowest BCUT2D eigenvalue weighted by atomic mass is 10.1. The summed E-state index contributed by atoms with van der Waals surface area (Å²) in [6.07, 6.45) is 9.09. The Bertz CT molecular complexity index is 559. The molecular weight excluding hydrogens is 282 g/mol. The van der Waals surface area contributed by atoms with E-state index in [-0.39, 0.29) is 0 Å². The van der Waals surface area contributed by atoms with Crippen molar-refractivity contribution in [3.63, 3.8) is 0 Å². The number of aromatic nitrogens is 3. The highest BCUT2D eigenvalue weighted by Crippen LogP contribution is 2.35. The lowest BCUT2D eigenvalue weighted by Crippen LogP contribution is -2.38. The molecule has 2 saturated heterocycles. The molecule has 1 aromatic rings. The third-order valence-corrected chi connectivity index (χ3v) is 6.09. The zero-order valence-corrected chi connectivity index (χ0v) is 13.6. The Hall–Kier alpha value is -0.880. The number of rotatable bonds is 2. The Morgan fingerprint density at radius 1 is 1.05 bits per heavy atom. The van der Waals surface area contributed by atoms with Crippen LogP contribution in [0, 0.1) is 4.77 Å². The molecule has 2 atom stereocenters. The topological polar surface area (TPSA) is 40.1 Å². The summed E-state index contributed by atoms with van der Waals surface area (Å²) < 4.78 is 3.11. The molecule has 3 aliphatic rings. The summed E-state index contributed by atoms with van der Waals surface area (Å²) in [4.78, 5) is 5.06. The molecule has 0 amide bonds. The number of H-pyrrole nitrogens is 1. The number of hydrogen-bond donors (Lipinski definition) is 1. The third-order valence-electron chi connectivity index (χ3n) is 5.81. The number of likely N-dealkylation sites (N-methyl/N-ethyl adjacent to an activating group) is 1. The van der Waals surface area contributed by atoms with Crippen molar-refractivity contribution in [2.75, 3.05) is 25.0 Å². The van der Waals surface area contributed by atoms with Gasteiger partial charge in [-0.25, -0.2) is 5.10 Å². The van der Waals surface area contributed by atoms with Gasteiger partial charge in [-0.2, -0.15) is 0 Å². The van der Waals surface area contributed by atoms with E-state index in [9.17, 15) is 0 Å². The molecule has 2 aliphatic heterocycles. The number of hydrogen-bond acceptors (Lipinski definition) is 4. The maximum Gasteiger partial charge on any atom is 0.226 e. The fourth-order valence-electron chi connectivity index (χ4n) is 4.50. The van der Waals surface area contributed by atoms with Crippen molar-refractivity contribution in [3.05, 3.63) is 4.77 Å². The van der Waals surface area contributed by atoms with Gasteiger partial charge in [0.1, 0.15) is 0 Å². The van der Waals surface area contributed by atoms with Gasteiger partial charge in [0, 0.05) is 31.2 Å². The first-order chi connectivity index (χ1) is 10.2. The van der Waals surface area contributed by atoms with E-state index in [0.29, 0.717) is 12.1 Å². The van der Waals surface area contributed by atoms with Gasteiger partial charge in [0.05, 0.1) is 0 Å². The Balaban J connectivity index is 1.63. The lowest BCUT2D eigenvalue weighted by molar-refractivity contribution is 0.254. The van der Waals surface area contributed by atoms with Crippen LogP contribution in [0.5, 0.6) is 0 Å². The molecule has 4 rings (SSSR count). The molecular formula is C15H25N5S. The molecule has 3 heterocycles. The summed E-state index contributed by atoms with van der Waals surface area (Å²) in [5, 5.41) is 7.64. The molecule has 3 fully saturated rings. The number of nitrogens with one attached hydrogen (secondary N) is 1. The van der Waals surface area contributed by atoms with Crippen LogP contribution in [0.2, 0.25) is 0 Å². The fourth-order valence-corrected chi connectivity index (χ4v) is 4.78.